The van der Waals surface area contributed by atoms with E-state index in [2.05, 4.69) is 10.9 Å². The van der Waals surface area contributed by atoms with Crippen molar-refractivity contribution < 1.29 is 57.9 Å². The van der Waals surface area contributed by atoms with Crippen LogP contribution in [0.1, 0.15) is 154 Å². The zero-order valence-electron chi connectivity index (χ0n) is 39.6. The van der Waals surface area contributed by atoms with E-state index in [-0.39, 0.29) is 31.9 Å². The molecule has 67 heavy (non-hydrogen) atoms. The minimum Gasteiger partial charge on any atom is -0.478 e. The highest BCUT2D eigenvalue weighted by molar-refractivity contribution is 6.02. The van der Waals surface area contributed by atoms with Crippen LogP contribution in [0.5, 0.6) is 0 Å². The SMILES string of the molecule is C.C.Cc1cc(C(=O)OC(C)(C)C)ccc1C(=O)NNC(=O)c1cc2c(C)ccc(C)c2o1.Cc1cc(C(=O)OC(C)(C)C)ccc1C(=O)O.Cc1ccc(C)c2oc(C(=O)NN)cc12.[2H]CF. The first kappa shape index (κ1) is 55.8. The van der Waals surface area contributed by atoms with Crippen molar-refractivity contribution in [2.45, 2.75) is 109 Å². The van der Waals surface area contributed by atoms with Gasteiger partial charge in [-0.1, -0.05) is 39.1 Å². The highest BCUT2D eigenvalue weighted by atomic mass is 19.1. The number of nitrogens with two attached hydrogens (primary N) is 1. The molecular weight excluding hydrogens is 864 g/mol. The zero-order valence-corrected chi connectivity index (χ0v) is 38.6. The standard InChI is InChI=1S/C24H26N2O5.C13H16O4.C11H12N2O2.CH3F.2CH4/c1-13-7-8-14(2)20-18(13)12-19(30-20)22(28)26-25-21(27)17-10-9-16(11-15(17)3)23(29)31-24(4,5)6;1-8-7-9(5-6-10(8)11(14)15)12(16)17-13(2,3)4;1-6-3-4-7(2)10-8(6)5-9(15-10)11(14)13-12;1-2;;/h7-12H,1-6H3,(H,25,27)(H,26,28);5-7H,1-4H3,(H,14,15);3-5H,12H2,1-2H3,(H,13,14);1H3;2*1H4/i;;;1D;;. The molecule has 0 fully saturated rings. The van der Waals surface area contributed by atoms with Crippen molar-refractivity contribution in [3.8, 4) is 0 Å². The van der Waals surface area contributed by atoms with E-state index in [4.69, 9.17) is 30.6 Å². The number of alkyl halides is 1. The summed E-state index contributed by atoms with van der Waals surface area (Å²) < 4.78 is 37.1. The van der Waals surface area contributed by atoms with Gasteiger partial charge in [-0.05, 0) is 165 Å². The Kier molecular flexibility index (Phi) is 20.2. The number of carboxylic acids is 1. The number of halogens is 1. The summed E-state index contributed by atoms with van der Waals surface area (Å²) in [4.78, 5) is 71.0. The number of esters is 2. The van der Waals surface area contributed by atoms with E-state index in [0.717, 1.165) is 38.6 Å². The number of aryl methyl sites for hydroxylation is 6. The number of amides is 3. The molecule has 6 aromatic rings. The molecule has 0 saturated carbocycles. The minimum atomic E-state index is -1.00. The number of benzene rings is 4. The number of carbonyl (C=O) groups excluding carboxylic acids is 5. The number of carboxylic acid groups (broad SMARTS) is 1. The van der Waals surface area contributed by atoms with Crippen molar-refractivity contribution in [3.05, 3.63) is 140 Å². The minimum absolute atomic E-state index is 0. The third kappa shape index (κ3) is 15.7. The van der Waals surface area contributed by atoms with Gasteiger partial charge in [0.25, 0.3) is 5.91 Å². The normalized spacial score (nSPS) is 10.7. The Morgan fingerprint density at radius 3 is 1.27 bits per heavy atom. The molecule has 6 N–H and O–H groups in total. The lowest BCUT2D eigenvalue weighted by atomic mass is 10.0. The number of hydrogen-bond donors (Lipinski definition) is 5. The van der Waals surface area contributed by atoms with Gasteiger partial charge in [0.1, 0.15) is 22.4 Å². The molecule has 0 aliphatic heterocycles. The first-order chi connectivity index (χ1) is 30.7. The summed E-state index contributed by atoms with van der Waals surface area (Å²) in [6, 6.07) is 20.2. The summed E-state index contributed by atoms with van der Waals surface area (Å²) in [5.41, 5.74) is 13.4. The van der Waals surface area contributed by atoms with Crippen molar-refractivity contribution in [2.24, 2.45) is 5.84 Å². The average molecular weight is 930 g/mol. The van der Waals surface area contributed by atoms with E-state index >= 15 is 0 Å². The van der Waals surface area contributed by atoms with Crippen LogP contribution in [-0.4, -0.2) is 59.1 Å². The van der Waals surface area contributed by atoms with E-state index in [1.165, 1.54) is 30.3 Å². The molecule has 2 aromatic heterocycles. The third-order valence-electron chi connectivity index (χ3n) is 9.26. The number of carbonyl (C=O) groups is 6. The summed E-state index contributed by atoms with van der Waals surface area (Å²) in [6.45, 7) is 21.8. The molecule has 0 atom stereocenters. The maximum atomic E-state index is 12.5. The molecule has 0 saturated heterocycles. The van der Waals surface area contributed by atoms with Gasteiger partial charge >= 0.3 is 29.7 Å². The molecule has 6 rings (SSSR count). The topological polar surface area (TPSA) is 230 Å². The molecule has 0 radical (unpaired) electrons. The van der Waals surface area contributed by atoms with Crippen molar-refractivity contribution >= 4 is 57.6 Å². The highest BCUT2D eigenvalue weighted by Crippen LogP contribution is 2.27. The number of furan rings is 2. The zero-order chi connectivity index (χ0) is 49.8. The number of nitrogens with one attached hydrogen (secondary N) is 3. The second-order valence-electron chi connectivity index (χ2n) is 16.9. The molecule has 3 amide bonds. The third-order valence-corrected chi connectivity index (χ3v) is 9.26. The van der Waals surface area contributed by atoms with Crippen LogP contribution in [0, 0.1) is 41.5 Å². The summed E-state index contributed by atoms with van der Waals surface area (Å²) in [5, 5.41) is 10.7. The largest absolute Gasteiger partial charge is 0.478 e. The first-order valence-corrected chi connectivity index (χ1v) is 20.1. The fourth-order valence-electron chi connectivity index (χ4n) is 6.07. The molecule has 16 heteroatoms. The van der Waals surface area contributed by atoms with Crippen molar-refractivity contribution in [3.63, 3.8) is 0 Å². The Bertz CT molecular complexity index is 2690. The number of hydrogen-bond acceptors (Lipinski definition) is 11. The van der Waals surface area contributed by atoms with Crippen LogP contribution in [0.25, 0.3) is 21.9 Å². The van der Waals surface area contributed by atoms with Gasteiger partial charge in [-0.25, -0.2) is 20.2 Å². The van der Waals surface area contributed by atoms with Crippen molar-refractivity contribution in [2.75, 3.05) is 7.15 Å². The Morgan fingerprint density at radius 2 is 0.925 bits per heavy atom. The van der Waals surface area contributed by atoms with Crippen LogP contribution in [-0.2, 0) is 9.47 Å². The van der Waals surface area contributed by atoms with Crippen molar-refractivity contribution in [1.82, 2.24) is 16.3 Å². The lowest BCUT2D eigenvalue weighted by Gasteiger charge is -2.19. The van der Waals surface area contributed by atoms with Gasteiger partial charge in [0, 0.05) is 16.3 Å². The Morgan fingerprint density at radius 1 is 0.567 bits per heavy atom. The predicted octanol–water partition coefficient (Wildman–Crippen LogP) is 10.5. The van der Waals surface area contributed by atoms with E-state index in [1.54, 1.807) is 73.6 Å². The lowest BCUT2D eigenvalue weighted by molar-refractivity contribution is 0.00569. The number of hydrazine groups is 2. The van der Waals surface area contributed by atoms with E-state index in [9.17, 15) is 33.2 Å². The average Bonchev–Trinajstić information content (AvgIpc) is 3.90. The summed E-state index contributed by atoms with van der Waals surface area (Å²) in [5.74, 6) is 1.99. The molecule has 0 aliphatic rings. The van der Waals surface area contributed by atoms with Gasteiger partial charge in [-0.3, -0.25) is 35.1 Å². The summed E-state index contributed by atoms with van der Waals surface area (Å²) in [6.07, 6.45) is 0. The number of nitrogen functional groups attached to an aromatic ring is 1. The second kappa shape index (κ2) is 24.3. The molecule has 0 bridgehead atoms. The summed E-state index contributed by atoms with van der Waals surface area (Å²) >= 11 is 0. The molecule has 0 unspecified atom stereocenters. The second-order valence-corrected chi connectivity index (χ2v) is 16.9. The fourth-order valence-corrected chi connectivity index (χ4v) is 6.07. The van der Waals surface area contributed by atoms with Crippen LogP contribution < -0.4 is 22.1 Å². The van der Waals surface area contributed by atoms with Crippen LogP contribution in [0.4, 0.5) is 4.39 Å². The Labute approximate surface area is 392 Å². The number of fused-ring (bicyclic) bond motifs is 2. The van der Waals surface area contributed by atoms with Crippen LogP contribution >= 0.6 is 0 Å². The Hall–Kier alpha value is -7.33. The monoisotopic (exact) mass is 929 g/mol. The van der Waals surface area contributed by atoms with Crippen molar-refractivity contribution in [1.29, 1.82) is 0 Å². The fraction of sp³-hybridized carbons (Fsp3) is 0.333. The smallest absolute Gasteiger partial charge is 0.338 e. The molecule has 362 valence electrons. The highest BCUT2D eigenvalue weighted by Gasteiger charge is 2.22. The van der Waals surface area contributed by atoms with E-state index in [1.807, 2.05) is 57.4 Å². The molecule has 2 heterocycles. The molecule has 0 spiro atoms. The molecule has 15 nitrogen and oxygen atoms in total. The van der Waals surface area contributed by atoms with Gasteiger partial charge in [0.05, 0.1) is 25.2 Å². The van der Waals surface area contributed by atoms with Gasteiger partial charge < -0.3 is 23.4 Å². The van der Waals surface area contributed by atoms with Gasteiger partial charge in [0.2, 0.25) is 0 Å². The number of aromatic carboxylic acids is 1. The molecule has 0 aliphatic carbocycles. The van der Waals surface area contributed by atoms with Crippen LogP contribution in [0.3, 0.4) is 0 Å². The van der Waals surface area contributed by atoms with Gasteiger partial charge in [-0.2, -0.15) is 0 Å². The number of rotatable bonds is 6. The first-order valence-electron chi connectivity index (χ1n) is 20.8. The maximum absolute atomic E-state index is 12.5. The lowest BCUT2D eigenvalue weighted by Crippen LogP contribution is -2.41. The van der Waals surface area contributed by atoms with E-state index < -0.39 is 54.0 Å². The molecule has 4 aromatic carbocycles. The maximum Gasteiger partial charge on any atom is 0.338 e. The Balaban J connectivity index is 0.000000530. The number of ether oxygens (including phenoxy) is 2. The van der Waals surface area contributed by atoms with Crippen LogP contribution in [0.2, 0.25) is 0 Å². The summed E-state index contributed by atoms with van der Waals surface area (Å²) in [7, 11) is -1.00. The van der Waals surface area contributed by atoms with Crippen LogP contribution in [0.15, 0.2) is 81.6 Å². The quantitative estimate of drug-likeness (QED) is 0.0455. The van der Waals surface area contributed by atoms with E-state index in [0.29, 0.717) is 33.4 Å². The predicted molar refractivity (Wildman–Crippen MR) is 258 cm³/mol. The van der Waals surface area contributed by atoms with Gasteiger partial charge in [0.15, 0.2) is 11.5 Å². The van der Waals surface area contributed by atoms with Gasteiger partial charge in [-0.15, -0.1) is 0 Å². The molecular formula is C51H65FN4O11.